The zero-order valence-corrected chi connectivity index (χ0v) is 10.9. The van der Waals surface area contributed by atoms with Crippen LogP contribution in [0, 0.1) is 0 Å². The van der Waals surface area contributed by atoms with Gasteiger partial charge in [0.15, 0.2) is 0 Å². The zero-order valence-electron chi connectivity index (χ0n) is 10.2. The molecule has 0 aromatic heterocycles. The lowest BCUT2D eigenvalue weighted by molar-refractivity contribution is 0.728. The summed E-state index contributed by atoms with van der Waals surface area (Å²) in [7, 11) is 0. The van der Waals surface area contributed by atoms with E-state index < -0.39 is 0 Å². The predicted octanol–water partition coefficient (Wildman–Crippen LogP) is 3.43. The van der Waals surface area contributed by atoms with E-state index in [0.29, 0.717) is 6.54 Å². The Morgan fingerprint density at radius 2 is 2.06 bits per heavy atom. The van der Waals surface area contributed by atoms with Crippen LogP contribution >= 0.6 is 11.6 Å². The summed E-state index contributed by atoms with van der Waals surface area (Å²) in [5.41, 5.74) is 8.11. The molecule has 0 aliphatic carbocycles. The largest absolute Gasteiger partial charge is 0.372 e. The molecule has 0 fully saturated rings. The number of unbranched alkanes of at least 4 members (excludes halogenated alkanes) is 1. The number of rotatable bonds is 6. The highest BCUT2D eigenvalue weighted by molar-refractivity contribution is 6.30. The van der Waals surface area contributed by atoms with Crippen LogP contribution in [0.2, 0.25) is 5.02 Å². The smallest absolute Gasteiger partial charge is 0.0412 e. The summed E-state index contributed by atoms with van der Waals surface area (Å²) in [6, 6.07) is 5.97. The van der Waals surface area contributed by atoms with Gasteiger partial charge in [-0.2, -0.15) is 0 Å². The molecule has 0 bridgehead atoms. The standard InChI is InChI=1S/C13H21ClN2/c1-3-5-8-16(4-2)13-7-6-12(14)9-11(13)10-15/h6-7,9H,3-5,8,10,15H2,1-2H3. The fourth-order valence-electron chi connectivity index (χ4n) is 1.82. The Morgan fingerprint density at radius 1 is 1.31 bits per heavy atom. The van der Waals surface area contributed by atoms with Gasteiger partial charge in [-0.1, -0.05) is 24.9 Å². The van der Waals surface area contributed by atoms with Crippen molar-refractivity contribution >= 4 is 17.3 Å². The SMILES string of the molecule is CCCCN(CC)c1ccc(Cl)cc1CN. The van der Waals surface area contributed by atoms with E-state index in [1.807, 2.05) is 12.1 Å². The van der Waals surface area contributed by atoms with Crippen molar-refractivity contribution in [2.45, 2.75) is 33.2 Å². The Morgan fingerprint density at radius 3 is 2.62 bits per heavy atom. The summed E-state index contributed by atoms with van der Waals surface area (Å²) >= 11 is 5.97. The molecule has 1 aromatic carbocycles. The van der Waals surface area contributed by atoms with Crippen LogP contribution in [0.25, 0.3) is 0 Å². The second-order valence-electron chi connectivity index (χ2n) is 3.91. The van der Waals surface area contributed by atoms with E-state index in [4.69, 9.17) is 17.3 Å². The van der Waals surface area contributed by atoms with E-state index >= 15 is 0 Å². The molecule has 0 saturated carbocycles. The van der Waals surface area contributed by atoms with Gasteiger partial charge in [0.25, 0.3) is 0 Å². The van der Waals surface area contributed by atoms with Crippen LogP contribution in [0.15, 0.2) is 18.2 Å². The molecule has 0 heterocycles. The molecule has 0 radical (unpaired) electrons. The third kappa shape index (κ3) is 3.39. The topological polar surface area (TPSA) is 29.3 Å². The maximum Gasteiger partial charge on any atom is 0.0412 e. The summed E-state index contributed by atoms with van der Waals surface area (Å²) in [4.78, 5) is 2.36. The molecule has 0 spiro atoms. The first-order valence-electron chi connectivity index (χ1n) is 5.96. The average molecular weight is 241 g/mol. The molecule has 0 amide bonds. The van der Waals surface area contributed by atoms with Gasteiger partial charge < -0.3 is 10.6 Å². The van der Waals surface area contributed by atoms with Crippen molar-refractivity contribution in [3.63, 3.8) is 0 Å². The molecular formula is C13H21ClN2. The second kappa shape index (κ2) is 6.77. The second-order valence-corrected chi connectivity index (χ2v) is 4.35. The minimum Gasteiger partial charge on any atom is -0.372 e. The van der Waals surface area contributed by atoms with Gasteiger partial charge in [-0.15, -0.1) is 0 Å². The minimum atomic E-state index is 0.540. The molecule has 0 saturated heterocycles. The monoisotopic (exact) mass is 240 g/mol. The first-order valence-corrected chi connectivity index (χ1v) is 6.34. The molecule has 2 N–H and O–H groups in total. The highest BCUT2D eigenvalue weighted by Crippen LogP contribution is 2.24. The van der Waals surface area contributed by atoms with E-state index in [-0.39, 0.29) is 0 Å². The van der Waals surface area contributed by atoms with Crippen LogP contribution in [-0.2, 0) is 6.54 Å². The van der Waals surface area contributed by atoms with Crippen molar-refractivity contribution in [3.8, 4) is 0 Å². The summed E-state index contributed by atoms with van der Waals surface area (Å²) in [6.07, 6.45) is 2.42. The molecule has 0 aliphatic rings. The zero-order chi connectivity index (χ0) is 12.0. The lowest BCUT2D eigenvalue weighted by Gasteiger charge is -2.25. The molecule has 0 atom stereocenters. The lowest BCUT2D eigenvalue weighted by atomic mass is 10.1. The van der Waals surface area contributed by atoms with E-state index in [1.165, 1.54) is 18.5 Å². The maximum absolute atomic E-state index is 5.97. The Balaban J connectivity index is 2.90. The van der Waals surface area contributed by atoms with E-state index in [9.17, 15) is 0 Å². The molecule has 0 unspecified atom stereocenters. The van der Waals surface area contributed by atoms with Crippen molar-refractivity contribution in [3.05, 3.63) is 28.8 Å². The summed E-state index contributed by atoms with van der Waals surface area (Å²) in [6.45, 7) is 7.01. The number of halogens is 1. The predicted molar refractivity (Wildman–Crippen MR) is 72.1 cm³/mol. The van der Waals surface area contributed by atoms with Crippen LogP contribution in [-0.4, -0.2) is 13.1 Å². The van der Waals surface area contributed by atoms with Crippen LogP contribution in [0.3, 0.4) is 0 Å². The van der Waals surface area contributed by atoms with Crippen molar-refractivity contribution in [2.75, 3.05) is 18.0 Å². The van der Waals surface area contributed by atoms with Gasteiger partial charge in [-0.05, 0) is 37.1 Å². The Kier molecular flexibility index (Phi) is 5.64. The first kappa shape index (κ1) is 13.3. The number of anilines is 1. The van der Waals surface area contributed by atoms with E-state index in [2.05, 4.69) is 24.8 Å². The normalized spacial score (nSPS) is 10.5. The number of hydrogen-bond acceptors (Lipinski definition) is 2. The minimum absolute atomic E-state index is 0.540. The van der Waals surface area contributed by atoms with Crippen LogP contribution in [0.5, 0.6) is 0 Å². The summed E-state index contributed by atoms with van der Waals surface area (Å²) in [5, 5.41) is 0.760. The van der Waals surface area contributed by atoms with Crippen molar-refractivity contribution < 1.29 is 0 Å². The molecule has 2 nitrogen and oxygen atoms in total. The number of nitrogens with zero attached hydrogens (tertiary/aromatic N) is 1. The van der Waals surface area contributed by atoms with E-state index in [0.717, 1.165) is 23.7 Å². The van der Waals surface area contributed by atoms with Crippen molar-refractivity contribution in [1.29, 1.82) is 0 Å². The van der Waals surface area contributed by atoms with Crippen molar-refractivity contribution in [1.82, 2.24) is 0 Å². The Hall–Kier alpha value is -0.730. The Labute approximate surface area is 103 Å². The molecule has 16 heavy (non-hydrogen) atoms. The van der Waals surface area contributed by atoms with Gasteiger partial charge in [-0.25, -0.2) is 0 Å². The van der Waals surface area contributed by atoms with Crippen LogP contribution in [0.4, 0.5) is 5.69 Å². The Bertz CT molecular complexity index is 326. The van der Waals surface area contributed by atoms with Crippen molar-refractivity contribution in [2.24, 2.45) is 5.73 Å². The van der Waals surface area contributed by atoms with Crippen LogP contribution in [0.1, 0.15) is 32.3 Å². The molecule has 1 aromatic rings. The third-order valence-electron chi connectivity index (χ3n) is 2.77. The van der Waals surface area contributed by atoms with E-state index in [1.54, 1.807) is 0 Å². The highest BCUT2D eigenvalue weighted by Gasteiger charge is 2.08. The van der Waals surface area contributed by atoms with Crippen LogP contribution < -0.4 is 10.6 Å². The van der Waals surface area contributed by atoms with Gasteiger partial charge in [0, 0.05) is 30.3 Å². The summed E-state index contributed by atoms with van der Waals surface area (Å²) < 4.78 is 0. The summed E-state index contributed by atoms with van der Waals surface area (Å²) in [5.74, 6) is 0. The van der Waals surface area contributed by atoms with Gasteiger partial charge in [-0.3, -0.25) is 0 Å². The number of hydrogen-bond donors (Lipinski definition) is 1. The third-order valence-corrected chi connectivity index (χ3v) is 3.00. The maximum atomic E-state index is 5.97. The average Bonchev–Trinajstić information content (AvgIpc) is 2.31. The molecule has 0 aliphatic heterocycles. The first-order chi connectivity index (χ1) is 7.72. The van der Waals surface area contributed by atoms with Gasteiger partial charge in [0.05, 0.1) is 0 Å². The van der Waals surface area contributed by atoms with Gasteiger partial charge in [0.2, 0.25) is 0 Å². The molecule has 90 valence electrons. The van der Waals surface area contributed by atoms with Gasteiger partial charge in [0.1, 0.15) is 0 Å². The lowest BCUT2D eigenvalue weighted by Crippen LogP contribution is -2.25. The number of benzene rings is 1. The highest BCUT2D eigenvalue weighted by atomic mass is 35.5. The quantitative estimate of drug-likeness (QED) is 0.826. The van der Waals surface area contributed by atoms with Gasteiger partial charge >= 0.3 is 0 Å². The fraction of sp³-hybridized carbons (Fsp3) is 0.538. The number of nitrogens with two attached hydrogens (primary N) is 1. The molecule has 1 rings (SSSR count). The molecule has 3 heteroatoms. The molecular weight excluding hydrogens is 220 g/mol. The fourth-order valence-corrected chi connectivity index (χ4v) is 2.02.